The van der Waals surface area contributed by atoms with Crippen molar-refractivity contribution in [3.05, 3.63) is 138 Å². The summed E-state index contributed by atoms with van der Waals surface area (Å²) in [6.45, 7) is 5.59. The highest BCUT2D eigenvalue weighted by molar-refractivity contribution is 5.93. The first-order chi connectivity index (χ1) is 25.4. The van der Waals surface area contributed by atoms with E-state index < -0.39 is 17.9 Å². The second-order valence-corrected chi connectivity index (χ2v) is 12.3. The van der Waals surface area contributed by atoms with Gasteiger partial charge in [0.25, 0.3) is 0 Å². The Labute approximate surface area is 305 Å². The minimum absolute atomic E-state index is 0.296. The first kappa shape index (κ1) is 37.4. The Kier molecular flexibility index (Phi) is 14.0. The molecule has 0 spiro atoms. The molecule has 0 unspecified atom stereocenters. The van der Waals surface area contributed by atoms with Gasteiger partial charge in [0, 0.05) is 0 Å². The summed E-state index contributed by atoms with van der Waals surface area (Å²) in [5.74, 6) is 0.973. The number of esters is 3. The molecule has 0 atom stereocenters. The minimum atomic E-state index is -0.558. The first-order valence-electron chi connectivity index (χ1n) is 17.8. The van der Waals surface area contributed by atoms with Crippen molar-refractivity contribution in [1.82, 2.24) is 0 Å². The summed E-state index contributed by atoms with van der Waals surface area (Å²) in [5.41, 5.74) is 2.72. The maximum absolute atomic E-state index is 12.9. The van der Waals surface area contributed by atoms with Gasteiger partial charge in [0.2, 0.25) is 0 Å². The van der Waals surface area contributed by atoms with Crippen LogP contribution in [-0.2, 0) is 0 Å². The third-order valence-electron chi connectivity index (χ3n) is 8.20. The van der Waals surface area contributed by atoms with E-state index in [0.29, 0.717) is 52.9 Å². The van der Waals surface area contributed by atoms with Crippen LogP contribution in [-0.4, -0.2) is 31.1 Å². The molecule has 0 saturated carbocycles. The number of rotatable bonds is 18. The van der Waals surface area contributed by atoms with Crippen LogP contribution in [0.5, 0.6) is 28.7 Å². The predicted molar refractivity (Wildman–Crippen MR) is 201 cm³/mol. The number of carbonyl (C=O) groups excluding carboxylic acids is 3. The van der Waals surface area contributed by atoms with Crippen LogP contribution < -0.4 is 23.7 Å². The Hall–Kier alpha value is -5.89. The SMILES string of the molecule is CCCCCCCOc1ccc(C(=O)Oc2ccc(C(=O)Oc3ccc(-c4cccc(C(=O)Oc5ccc(OCCCC)cc5)c4)cc3)cc2)cc1. The van der Waals surface area contributed by atoms with E-state index in [1.54, 1.807) is 103 Å². The Bertz CT molecular complexity index is 1880. The summed E-state index contributed by atoms with van der Waals surface area (Å²) in [6.07, 6.45) is 7.84. The molecule has 0 fully saturated rings. The molecule has 8 nitrogen and oxygen atoms in total. The van der Waals surface area contributed by atoms with Gasteiger partial charge in [-0.1, -0.05) is 70.2 Å². The molecule has 0 aliphatic carbocycles. The van der Waals surface area contributed by atoms with Crippen molar-refractivity contribution >= 4 is 17.9 Å². The van der Waals surface area contributed by atoms with Crippen LogP contribution >= 0.6 is 0 Å². The quantitative estimate of drug-likeness (QED) is 0.0506. The van der Waals surface area contributed by atoms with E-state index in [9.17, 15) is 14.4 Å². The van der Waals surface area contributed by atoms with Crippen LogP contribution in [0.15, 0.2) is 121 Å². The number of carbonyl (C=O) groups is 3. The Morgan fingerprint density at radius 2 is 0.827 bits per heavy atom. The Balaban J connectivity index is 1.09. The minimum Gasteiger partial charge on any atom is -0.494 e. The zero-order chi connectivity index (χ0) is 36.5. The molecule has 0 aliphatic rings. The molecule has 0 saturated heterocycles. The van der Waals surface area contributed by atoms with Crippen LogP contribution in [0.25, 0.3) is 11.1 Å². The molecule has 0 bridgehead atoms. The highest BCUT2D eigenvalue weighted by atomic mass is 16.5. The molecule has 268 valence electrons. The van der Waals surface area contributed by atoms with E-state index in [0.717, 1.165) is 42.6 Å². The highest BCUT2D eigenvalue weighted by Gasteiger charge is 2.14. The number of ether oxygens (including phenoxy) is 5. The zero-order valence-electron chi connectivity index (χ0n) is 29.7. The normalized spacial score (nSPS) is 10.7. The van der Waals surface area contributed by atoms with Gasteiger partial charge in [-0.25, -0.2) is 14.4 Å². The van der Waals surface area contributed by atoms with E-state index in [4.69, 9.17) is 23.7 Å². The molecular weight excluding hydrogens is 656 g/mol. The van der Waals surface area contributed by atoms with Gasteiger partial charge < -0.3 is 23.7 Å². The lowest BCUT2D eigenvalue weighted by Gasteiger charge is -2.09. The van der Waals surface area contributed by atoms with Gasteiger partial charge >= 0.3 is 17.9 Å². The number of unbranched alkanes of at least 4 members (excludes halogenated alkanes) is 5. The van der Waals surface area contributed by atoms with Crippen molar-refractivity contribution in [1.29, 1.82) is 0 Å². The first-order valence-corrected chi connectivity index (χ1v) is 17.8. The maximum Gasteiger partial charge on any atom is 0.343 e. The van der Waals surface area contributed by atoms with Gasteiger partial charge in [-0.05, 0) is 121 Å². The average molecular weight is 701 g/mol. The largest absolute Gasteiger partial charge is 0.494 e. The lowest BCUT2D eigenvalue weighted by Crippen LogP contribution is -2.10. The fourth-order valence-corrected chi connectivity index (χ4v) is 5.22. The molecule has 0 aromatic heterocycles. The van der Waals surface area contributed by atoms with Crippen LogP contribution in [0, 0.1) is 0 Å². The number of benzene rings is 5. The lowest BCUT2D eigenvalue weighted by molar-refractivity contribution is 0.0723. The smallest absolute Gasteiger partial charge is 0.343 e. The van der Waals surface area contributed by atoms with Crippen LogP contribution in [0.4, 0.5) is 0 Å². The van der Waals surface area contributed by atoms with E-state index in [1.807, 2.05) is 6.07 Å². The lowest BCUT2D eigenvalue weighted by atomic mass is 10.0. The molecule has 5 aromatic rings. The standard InChI is InChI=1S/C44H44O8/c1-3-5-7-8-9-30-49-37-19-15-33(16-20-37)42(45)51-40-23-17-34(18-24-40)43(46)50-39-21-13-32(14-22-39)35-11-10-12-36(31-35)44(47)52-41-27-25-38(26-28-41)48-29-6-4-2/h10-28,31H,3-9,29-30H2,1-2H3. The molecule has 0 N–H and O–H groups in total. The van der Waals surface area contributed by atoms with Crippen molar-refractivity contribution in [2.75, 3.05) is 13.2 Å². The molecule has 5 rings (SSSR count). The maximum atomic E-state index is 12.9. The monoisotopic (exact) mass is 700 g/mol. The number of hydrogen-bond acceptors (Lipinski definition) is 8. The van der Waals surface area contributed by atoms with Crippen LogP contribution in [0.1, 0.15) is 89.9 Å². The van der Waals surface area contributed by atoms with Crippen molar-refractivity contribution in [3.63, 3.8) is 0 Å². The van der Waals surface area contributed by atoms with Crippen LogP contribution in [0.2, 0.25) is 0 Å². The molecular formula is C44H44O8. The van der Waals surface area contributed by atoms with Crippen molar-refractivity contribution in [3.8, 4) is 39.9 Å². The van der Waals surface area contributed by atoms with Crippen molar-refractivity contribution in [2.24, 2.45) is 0 Å². The molecule has 52 heavy (non-hydrogen) atoms. The van der Waals surface area contributed by atoms with E-state index in [2.05, 4.69) is 13.8 Å². The summed E-state index contributed by atoms with van der Waals surface area (Å²) < 4.78 is 28.1. The third-order valence-corrected chi connectivity index (χ3v) is 8.20. The summed E-state index contributed by atoms with van der Waals surface area (Å²) in [7, 11) is 0. The molecule has 0 amide bonds. The summed E-state index contributed by atoms with van der Waals surface area (Å²) in [6, 6.07) is 34.1. The van der Waals surface area contributed by atoms with Crippen LogP contribution in [0.3, 0.4) is 0 Å². The highest BCUT2D eigenvalue weighted by Crippen LogP contribution is 2.26. The molecule has 8 heteroatoms. The van der Waals surface area contributed by atoms with Gasteiger partial charge in [-0.3, -0.25) is 0 Å². The van der Waals surface area contributed by atoms with Gasteiger partial charge in [0.05, 0.1) is 29.9 Å². The van der Waals surface area contributed by atoms with Crippen molar-refractivity contribution in [2.45, 2.75) is 58.8 Å². The van der Waals surface area contributed by atoms with E-state index in [-0.39, 0.29) is 0 Å². The summed E-state index contributed by atoms with van der Waals surface area (Å²) >= 11 is 0. The van der Waals surface area contributed by atoms with Gasteiger partial charge in [0.15, 0.2) is 0 Å². The van der Waals surface area contributed by atoms with Gasteiger partial charge in [-0.15, -0.1) is 0 Å². The average Bonchev–Trinajstić information content (AvgIpc) is 3.18. The second-order valence-electron chi connectivity index (χ2n) is 12.3. The second kappa shape index (κ2) is 19.5. The van der Waals surface area contributed by atoms with Gasteiger partial charge in [-0.2, -0.15) is 0 Å². The fraction of sp³-hybridized carbons (Fsp3) is 0.250. The topological polar surface area (TPSA) is 97.4 Å². The Morgan fingerprint density at radius 1 is 0.404 bits per heavy atom. The molecule has 5 aromatic carbocycles. The zero-order valence-corrected chi connectivity index (χ0v) is 29.7. The van der Waals surface area contributed by atoms with E-state index in [1.165, 1.54) is 31.4 Å². The Morgan fingerprint density at radius 3 is 1.37 bits per heavy atom. The molecule has 0 aliphatic heterocycles. The number of hydrogen-bond donors (Lipinski definition) is 0. The van der Waals surface area contributed by atoms with E-state index >= 15 is 0 Å². The van der Waals surface area contributed by atoms with Gasteiger partial charge in [0.1, 0.15) is 28.7 Å². The third kappa shape index (κ3) is 11.3. The molecule has 0 heterocycles. The summed E-state index contributed by atoms with van der Waals surface area (Å²) in [5, 5.41) is 0. The summed E-state index contributed by atoms with van der Waals surface area (Å²) in [4.78, 5) is 38.4. The fourth-order valence-electron chi connectivity index (χ4n) is 5.22. The van der Waals surface area contributed by atoms with Crippen molar-refractivity contribution < 1.29 is 38.1 Å². The predicted octanol–water partition coefficient (Wildman–Crippen LogP) is 10.5. The molecule has 0 radical (unpaired) electrons.